The average molecular weight is 293 g/mol. The third-order valence-corrected chi connectivity index (χ3v) is 3.66. The number of carbonyl (C=O) groups excluding carboxylic acids is 1. The number of hydrogen-bond donors (Lipinski definition) is 4. The van der Waals surface area contributed by atoms with Gasteiger partial charge in [-0.1, -0.05) is 12.1 Å². The van der Waals surface area contributed by atoms with Gasteiger partial charge in [-0.3, -0.25) is 9.69 Å². The number of hydrogen-bond acceptors (Lipinski definition) is 5. The smallest absolute Gasteiger partial charge is 0.224 e. The van der Waals surface area contributed by atoms with Gasteiger partial charge in [0.05, 0.1) is 12.2 Å². The Morgan fingerprint density at radius 2 is 2.05 bits per heavy atom. The maximum absolute atomic E-state index is 11.9. The second-order valence-corrected chi connectivity index (χ2v) is 5.45. The minimum atomic E-state index is -0.669. The maximum Gasteiger partial charge on any atom is 0.224 e. The van der Waals surface area contributed by atoms with Crippen molar-refractivity contribution in [3.63, 3.8) is 0 Å². The van der Waals surface area contributed by atoms with Crippen LogP contribution in [0.2, 0.25) is 0 Å². The van der Waals surface area contributed by atoms with Crippen molar-refractivity contribution >= 4 is 11.6 Å². The molecule has 1 aromatic rings. The Balaban J connectivity index is 1.70. The number of aliphatic hydroxyl groups excluding tert-OH is 2. The third kappa shape index (κ3) is 4.78. The topological polar surface area (TPSA) is 98.8 Å². The zero-order valence-corrected chi connectivity index (χ0v) is 12.0. The lowest BCUT2D eigenvalue weighted by atomic mass is 10.2. The Kier molecular flexibility index (Phi) is 5.69. The fourth-order valence-electron chi connectivity index (χ4n) is 2.49. The molecule has 0 spiro atoms. The van der Waals surface area contributed by atoms with Gasteiger partial charge in [0.2, 0.25) is 5.91 Å². The summed E-state index contributed by atoms with van der Waals surface area (Å²) in [5.41, 5.74) is 7.30. The summed E-state index contributed by atoms with van der Waals surface area (Å²) in [4.78, 5) is 13.8. The molecule has 1 heterocycles. The Hall–Kier alpha value is -1.47. The lowest BCUT2D eigenvalue weighted by Gasteiger charge is -2.14. The van der Waals surface area contributed by atoms with E-state index < -0.39 is 12.2 Å². The second kappa shape index (κ2) is 7.51. The molecule has 1 aliphatic heterocycles. The van der Waals surface area contributed by atoms with E-state index in [-0.39, 0.29) is 5.91 Å². The molecule has 1 aliphatic rings. The highest BCUT2D eigenvalue weighted by Crippen LogP contribution is 2.12. The van der Waals surface area contributed by atoms with Gasteiger partial charge in [0.1, 0.15) is 0 Å². The number of likely N-dealkylation sites (tertiary alicyclic amines) is 1. The zero-order valence-electron chi connectivity index (χ0n) is 12.0. The van der Waals surface area contributed by atoms with Crippen LogP contribution in [0.3, 0.4) is 0 Å². The van der Waals surface area contributed by atoms with Crippen LogP contribution in [0.4, 0.5) is 5.69 Å². The number of benzene rings is 1. The first-order chi connectivity index (χ1) is 10.1. The van der Waals surface area contributed by atoms with Gasteiger partial charge < -0.3 is 21.3 Å². The monoisotopic (exact) mass is 293 g/mol. The molecule has 0 aliphatic carbocycles. The van der Waals surface area contributed by atoms with Crippen LogP contribution in [0.5, 0.6) is 0 Å². The average Bonchev–Trinajstić information content (AvgIpc) is 2.78. The fourth-order valence-corrected chi connectivity index (χ4v) is 2.49. The van der Waals surface area contributed by atoms with E-state index in [2.05, 4.69) is 5.32 Å². The summed E-state index contributed by atoms with van der Waals surface area (Å²) in [6.45, 7) is 2.09. The van der Waals surface area contributed by atoms with Gasteiger partial charge in [-0.05, 0) is 30.7 Å². The molecule has 5 N–H and O–H groups in total. The predicted octanol–water partition coefficient (Wildman–Crippen LogP) is -0.0986. The Morgan fingerprint density at radius 1 is 1.33 bits per heavy atom. The first-order valence-corrected chi connectivity index (χ1v) is 7.26. The third-order valence-electron chi connectivity index (χ3n) is 3.66. The maximum atomic E-state index is 11.9. The van der Waals surface area contributed by atoms with Gasteiger partial charge in [-0.15, -0.1) is 0 Å². The first kappa shape index (κ1) is 15.9. The van der Waals surface area contributed by atoms with E-state index in [0.717, 1.165) is 11.3 Å². The second-order valence-electron chi connectivity index (χ2n) is 5.45. The molecule has 21 heavy (non-hydrogen) atoms. The number of nitrogens with two attached hydrogens (primary N) is 1. The minimum absolute atomic E-state index is 0.0375. The van der Waals surface area contributed by atoms with Gasteiger partial charge >= 0.3 is 0 Å². The normalized spacial score (nSPS) is 22.4. The van der Waals surface area contributed by atoms with Crippen LogP contribution in [0.15, 0.2) is 24.3 Å². The quantitative estimate of drug-likeness (QED) is 0.587. The molecule has 6 nitrogen and oxygen atoms in total. The molecular formula is C15H23N3O3. The number of amides is 1. The molecular weight excluding hydrogens is 270 g/mol. The summed E-state index contributed by atoms with van der Waals surface area (Å²) in [7, 11) is 0. The lowest BCUT2D eigenvalue weighted by molar-refractivity contribution is -0.116. The van der Waals surface area contributed by atoms with Crippen LogP contribution in [0.1, 0.15) is 18.4 Å². The van der Waals surface area contributed by atoms with Crippen molar-refractivity contribution in [1.82, 2.24) is 4.90 Å². The molecule has 2 unspecified atom stereocenters. The highest BCUT2D eigenvalue weighted by Gasteiger charge is 2.28. The van der Waals surface area contributed by atoms with Gasteiger partial charge in [0, 0.05) is 31.7 Å². The van der Waals surface area contributed by atoms with Crippen LogP contribution in [0.25, 0.3) is 0 Å². The molecule has 0 saturated carbocycles. The van der Waals surface area contributed by atoms with Gasteiger partial charge in [-0.2, -0.15) is 0 Å². The molecule has 6 heteroatoms. The largest absolute Gasteiger partial charge is 0.389 e. The predicted molar refractivity (Wildman–Crippen MR) is 80.7 cm³/mol. The zero-order chi connectivity index (χ0) is 15.2. The molecule has 1 fully saturated rings. The number of nitrogens with one attached hydrogen (secondary N) is 1. The van der Waals surface area contributed by atoms with Crippen molar-refractivity contribution in [2.75, 3.05) is 25.0 Å². The summed E-state index contributed by atoms with van der Waals surface area (Å²) in [6.07, 6.45) is -0.229. The van der Waals surface area contributed by atoms with Crippen molar-refractivity contribution in [3.05, 3.63) is 29.8 Å². The fraction of sp³-hybridized carbons (Fsp3) is 0.533. The first-order valence-electron chi connectivity index (χ1n) is 7.26. The lowest BCUT2D eigenvalue weighted by Crippen LogP contribution is -2.24. The molecule has 1 amide bonds. The van der Waals surface area contributed by atoms with Crippen LogP contribution >= 0.6 is 0 Å². The van der Waals surface area contributed by atoms with E-state index in [0.29, 0.717) is 39.0 Å². The van der Waals surface area contributed by atoms with Crippen LogP contribution in [0, 0.1) is 0 Å². The van der Waals surface area contributed by atoms with Crippen molar-refractivity contribution in [3.8, 4) is 0 Å². The summed E-state index contributed by atoms with van der Waals surface area (Å²) in [6, 6.07) is 7.49. The SMILES string of the molecule is NCc1cccc(NC(=O)CCCN2CC(O)C(O)C2)c1. The number of rotatable bonds is 6. The molecule has 0 bridgehead atoms. The summed E-state index contributed by atoms with van der Waals surface area (Å²) < 4.78 is 0. The molecule has 1 saturated heterocycles. The Bertz CT molecular complexity index is 471. The molecule has 2 rings (SSSR count). The standard InChI is InChI=1S/C15H23N3O3/c16-8-11-3-1-4-12(7-11)17-15(21)5-2-6-18-9-13(19)14(20)10-18/h1,3-4,7,13-14,19-20H,2,5-6,8-10,16H2,(H,17,21). The van der Waals surface area contributed by atoms with Crippen molar-refractivity contribution in [2.24, 2.45) is 5.73 Å². The van der Waals surface area contributed by atoms with Gasteiger partial charge in [-0.25, -0.2) is 0 Å². The van der Waals surface area contributed by atoms with E-state index >= 15 is 0 Å². The highest BCUT2D eigenvalue weighted by atomic mass is 16.3. The molecule has 116 valence electrons. The van der Waals surface area contributed by atoms with Gasteiger partial charge in [0.25, 0.3) is 0 Å². The Morgan fingerprint density at radius 3 is 2.71 bits per heavy atom. The van der Waals surface area contributed by atoms with E-state index in [1.54, 1.807) is 0 Å². The minimum Gasteiger partial charge on any atom is -0.389 e. The number of β-amino-alcohol motifs (C(OH)–C–C–N with tert-alkyl or cyclic N) is 2. The number of anilines is 1. The van der Waals surface area contributed by atoms with Crippen LogP contribution < -0.4 is 11.1 Å². The van der Waals surface area contributed by atoms with Crippen LogP contribution in [-0.4, -0.2) is 52.9 Å². The van der Waals surface area contributed by atoms with Crippen molar-refractivity contribution in [2.45, 2.75) is 31.6 Å². The molecule has 1 aromatic carbocycles. The van der Waals surface area contributed by atoms with E-state index in [1.165, 1.54) is 0 Å². The number of aliphatic hydroxyl groups is 2. The van der Waals surface area contributed by atoms with E-state index in [4.69, 9.17) is 5.73 Å². The number of nitrogens with zero attached hydrogens (tertiary/aromatic N) is 1. The molecule has 0 radical (unpaired) electrons. The highest BCUT2D eigenvalue weighted by molar-refractivity contribution is 5.90. The molecule has 0 aromatic heterocycles. The van der Waals surface area contributed by atoms with Gasteiger partial charge in [0.15, 0.2) is 0 Å². The Labute approximate surface area is 124 Å². The molecule has 2 atom stereocenters. The van der Waals surface area contributed by atoms with Crippen LogP contribution in [-0.2, 0) is 11.3 Å². The number of carbonyl (C=O) groups is 1. The van der Waals surface area contributed by atoms with Crippen molar-refractivity contribution in [1.29, 1.82) is 0 Å². The summed E-state index contributed by atoms with van der Waals surface area (Å²) >= 11 is 0. The summed E-state index contributed by atoms with van der Waals surface area (Å²) in [5.74, 6) is -0.0375. The van der Waals surface area contributed by atoms with E-state index in [9.17, 15) is 15.0 Å². The van der Waals surface area contributed by atoms with E-state index in [1.807, 2.05) is 29.2 Å². The summed E-state index contributed by atoms with van der Waals surface area (Å²) in [5, 5.41) is 21.7. The van der Waals surface area contributed by atoms with Crippen molar-refractivity contribution < 1.29 is 15.0 Å².